The maximum Gasteiger partial charge on any atom is 0.282 e. The lowest BCUT2D eigenvalue weighted by atomic mass is 10.1. The fourth-order valence-electron chi connectivity index (χ4n) is 3.54. The smallest absolute Gasteiger partial charge is 0.282 e. The highest BCUT2D eigenvalue weighted by Gasteiger charge is 2.35. The quantitative estimate of drug-likeness (QED) is 0.865. The molecule has 0 unspecified atom stereocenters. The maximum atomic E-state index is 12.8. The fraction of sp³-hybridized carbons (Fsp3) is 0.611. The summed E-state index contributed by atoms with van der Waals surface area (Å²) in [6.07, 6.45) is 5.01. The zero-order valence-corrected chi connectivity index (χ0v) is 15.6. The van der Waals surface area contributed by atoms with Crippen molar-refractivity contribution in [3.8, 4) is 0 Å². The first-order chi connectivity index (χ1) is 11.9. The summed E-state index contributed by atoms with van der Waals surface area (Å²) < 4.78 is 28.4. The third-order valence-corrected chi connectivity index (χ3v) is 6.92. The average Bonchev–Trinajstić information content (AvgIpc) is 3.06. The molecule has 6 nitrogen and oxygen atoms in total. The summed E-state index contributed by atoms with van der Waals surface area (Å²) in [5.41, 5.74) is 2.11. The van der Waals surface area contributed by atoms with Crippen molar-refractivity contribution in [2.45, 2.75) is 51.6 Å². The molecule has 1 saturated heterocycles. The van der Waals surface area contributed by atoms with E-state index in [1.165, 1.54) is 8.61 Å². The van der Waals surface area contributed by atoms with E-state index in [0.29, 0.717) is 19.6 Å². The van der Waals surface area contributed by atoms with Gasteiger partial charge >= 0.3 is 0 Å². The average molecular weight is 365 g/mol. The molecule has 0 radical (unpaired) electrons. The van der Waals surface area contributed by atoms with E-state index in [-0.39, 0.29) is 18.5 Å². The van der Waals surface area contributed by atoms with Gasteiger partial charge in [0.2, 0.25) is 5.91 Å². The number of nitrogens with zero attached hydrogens (tertiary/aromatic N) is 2. The molecule has 3 rings (SSSR count). The van der Waals surface area contributed by atoms with E-state index in [0.717, 1.165) is 43.2 Å². The van der Waals surface area contributed by atoms with Gasteiger partial charge in [0.1, 0.15) is 0 Å². The number of rotatable bonds is 5. The number of benzene rings is 1. The first-order valence-corrected chi connectivity index (χ1v) is 10.4. The van der Waals surface area contributed by atoms with Crippen LogP contribution in [0, 0.1) is 6.92 Å². The maximum absolute atomic E-state index is 12.8. The van der Waals surface area contributed by atoms with Gasteiger partial charge in [-0.3, -0.25) is 4.79 Å². The van der Waals surface area contributed by atoms with Crippen molar-refractivity contribution in [3.05, 3.63) is 35.4 Å². The minimum absolute atomic E-state index is 0.0801. The van der Waals surface area contributed by atoms with Crippen LogP contribution in [0.15, 0.2) is 24.3 Å². The topological polar surface area (TPSA) is 69.7 Å². The van der Waals surface area contributed by atoms with Crippen LogP contribution < -0.4 is 5.32 Å². The second kappa shape index (κ2) is 7.85. The lowest BCUT2D eigenvalue weighted by Gasteiger charge is -2.34. The van der Waals surface area contributed by atoms with E-state index in [1.54, 1.807) is 0 Å². The summed E-state index contributed by atoms with van der Waals surface area (Å²) in [5, 5.41) is 2.97. The van der Waals surface area contributed by atoms with Crippen molar-refractivity contribution in [2.75, 3.05) is 19.6 Å². The van der Waals surface area contributed by atoms with E-state index in [2.05, 4.69) is 5.32 Å². The second-order valence-corrected chi connectivity index (χ2v) is 8.99. The normalized spacial score (nSPS) is 22.1. The highest BCUT2D eigenvalue weighted by molar-refractivity contribution is 7.86. The Kier molecular flexibility index (Phi) is 5.76. The molecule has 0 bridgehead atoms. The van der Waals surface area contributed by atoms with Crippen LogP contribution in [0.5, 0.6) is 0 Å². The fourth-order valence-corrected chi connectivity index (χ4v) is 5.18. The number of nitrogens with one attached hydrogen (secondary N) is 1. The molecule has 1 aromatic rings. The zero-order chi connectivity index (χ0) is 17.9. The molecule has 138 valence electrons. The van der Waals surface area contributed by atoms with Crippen LogP contribution in [0.2, 0.25) is 0 Å². The molecule has 25 heavy (non-hydrogen) atoms. The number of hydrogen-bond donors (Lipinski definition) is 1. The molecule has 1 aliphatic carbocycles. The third kappa shape index (κ3) is 4.59. The summed E-state index contributed by atoms with van der Waals surface area (Å²) >= 11 is 0. The number of aryl methyl sites for hydroxylation is 1. The highest BCUT2D eigenvalue weighted by Crippen LogP contribution is 2.20. The lowest BCUT2D eigenvalue weighted by molar-refractivity contribution is -0.122. The van der Waals surface area contributed by atoms with Crippen molar-refractivity contribution in [1.29, 1.82) is 0 Å². The Morgan fingerprint density at radius 2 is 1.72 bits per heavy atom. The van der Waals surface area contributed by atoms with Crippen LogP contribution in [-0.2, 0) is 21.5 Å². The molecule has 1 aliphatic heterocycles. The molecule has 7 heteroatoms. The molecule has 1 aromatic carbocycles. The van der Waals surface area contributed by atoms with Crippen LogP contribution >= 0.6 is 0 Å². The Labute approximate surface area is 150 Å². The molecule has 1 heterocycles. The summed E-state index contributed by atoms with van der Waals surface area (Å²) in [4.78, 5) is 12.2. The van der Waals surface area contributed by atoms with E-state index < -0.39 is 10.2 Å². The van der Waals surface area contributed by atoms with Crippen molar-refractivity contribution in [1.82, 2.24) is 13.9 Å². The van der Waals surface area contributed by atoms with Gasteiger partial charge in [-0.15, -0.1) is 0 Å². The zero-order valence-electron chi connectivity index (χ0n) is 14.8. The Hall–Kier alpha value is -1.44. The van der Waals surface area contributed by atoms with Gasteiger partial charge in [-0.25, -0.2) is 0 Å². The van der Waals surface area contributed by atoms with Crippen LogP contribution in [-0.4, -0.2) is 48.6 Å². The summed E-state index contributed by atoms with van der Waals surface area (Å²) in [7, 11) is -3.60. The standard InChI is InChI=1S/C18H27N3O3S/c1-15-7-9-16(10-8-15)13-20-11-4-12-21(25(20,23)24)14-18(22)19-17-5-2-3-6-17/h7-10,17H,2-6,11-14H2,1H3,(H,19,22). The number of hydrogen-bond acceptors (Lipinski definition) is 3. The minimum atomic E-state index is -3.60. The van der Waals surface area contributed by atoms with Gasteiger partial charge in [0.25, 0.3) is 10.2 Å². The first kappa shape index (κ1) is 18.4. The second-order valence-electron chi connectivity index (χ2n) is 7.06. The Bertz CT molecular complexity index is 697. The van der Waals surface area contributed by atoms with Gasteiger partial charge in [0.05, 0.1) is 6.54 Å². The highest BCUT2D eigenvalue weighted by atomic mass is 32.2. The molecule has 0 atom stereocenters. The van der Waals surface area contributed by atoms with E-state index in [1.807, 2.05) is 31.2 Å². The van der Waals surface area contributed by atoms with Gasteiger partial charge in [0, 0.05) is 25.7 Å². The molecule has 0 spiro atoms. The first-order valence-electron chi connectivity index (χ1n) is 9.05. The SMILES string of the molecule is Cc1ccc(CN2CCCN(CC(=O)NC3CCCC3)S2(=O)=O)cc1. The molecular weight excluding hydrogens is 338 g/mol. The number of carbonyl (C=O) groups excluding carboxylic acids is 1. The third-order valence-electron chi connectivity index (χ3n) is 4.99. The lowest BCUT2D eigenvalue weighted by Crippen LogP contribution is -2.52. The largest absolute Gasteiger partial charge is 0.352 e. The monoisotopic (exact) mass is 365 g/mol. The van der Waals surface area contributed by atoms with Gasteiger partial charge in [0.15, 0.2) is 0 Å². The number of amides is 1. The van der Waals surface area contributed by atoms with Gasteiger partial charge < -0.3 is 5.32 Å². The minimum Gasteiger partial charge on any atom is -0.352 e. The summed E-state index contributed by atoms with van der Waals surface area (Å²) in [6, 6.07) is 8.09. The van der Waals surface area contributed by atoms with E-state index in [4.69, 9.17) is 0 Å². The molecule has 2 aliphatic rings. The molecular formula is C18H27N3O3S. The van der Waals surface area contributed by atoms with Crippen molar-refractivity contribution < 1.29 is 13.2 Å². The van der Waals surface area contributed by atoms with E-state index in [9.17, 15) is 13.2 Å². The van der Waals surface area contributed by atoms with Crippen molar-refractivity contribution in [2.24, 2.45) is 0 Å². The Morgan fingerprint density at radius 1 is 1.08 bits per heavy atom. The molecule has 1 amide bonds. The molecule has 1 saturated carbocycles. The van der Waals surface area contributed by atoms with Crippen LogP contribution in [0.1, 0.15) is 43.2 Å². The van der Waals surface area contributed by atoms with E-state index >= 15 is 0 Å². The summed E-state index contributed by atoms with van der Waals surface area (Å²) in [6.45, 7) is 3.18. The van der Waals surface area contributed by atoms with Crippen LogP contribution in [0.25, 0.3) is 0 Å². The van der Waals surface area contributed by atoms with Gasteiger partial charge in [-0.05, 0) is 31.7 Å². The van der Waals surface area contributed by atoms with Crippen molar-refractivity contribution in [3.63, 3.8) is 0 Å². The van der Waals surface area contributed by atoms with Gasteiger partial charge in [-0.2, -0.15) is 17.0 Å². The number of carbonyl (C=O) groups is 1. The Morgan fingerprint density at radius 3 is 2.40 bits per heavy atom. The van der Waals surface area contributed by atoms with Crippen molar-refractivity contribution >= 4 is 16.1 Å². The predicted molar refractivity (Wildman–Crippen MR) is 97.1 cm³/mol. The van der Waals surface area contributed by atoms with Crippen LogP contribution in [0.4, 0.5) is 0 Å². The molecule has 0 aromatic heterocycles. The van der Waals surface area contributed by atoms with Crippen LogP contribution in [0.3, 0.4) is 0 Å². The van der Waals surface area contributed by atoms with Gasteiger partial charge in [-0.1, -0.05) is 42.7 Å². The summed E-state index contributed by atoms with van der Waals surface area (Å²) in [5.74, 6) is -0.187. The molecule has 1 N–H and O–H groups in total. The Balaban J connectivity index is 1.62. The predicted octanol–water partition coefficient (Wildman–Crippen LogP) is 1.81. The molecule has 2 fully saturated rings.